The number of fused-ring (bicyclic) bond motifs is 1. The zero-order valence-corrected chi connectivity index (χ0v) is 15.8. The number of imidazole rings is 2. The SMILES string of the molecule is O=C1CC[C@]2(CCCN(c3ncnc4nc[nH]c34)C2)CN1CCc1cnc[nH]1. The first-order valence-corrected chi connectivity index (χ1v) is 9.87. The van der Waals surface area contributed by atoms with E-state index in [4.69, 9.17) is 0 Å². The van der Waals surface area contributed by atoms with Crippen molar-refractivity contribution >= 4 is 22.9 Å². The molecule has 3 aromatic rings. The van der Waals surface area contributed by atoms with Crippen LogP contribution in [-0.2, 0) is 11.2 Å². The average Bonchev–Trinajstić information content (AvgIpc) is 3.40. The van der Waals surface area contributed by atoms with Crippen LogP contribution < -0.4 is 4.90 Å². The largest absolute Gasteiger partial charge is 0.354 e. The number of nitrogens with zero attached hydrogens (tertiary/aromatic N) is 6. The summed E-state index contributed by atoms with van der Waals surface area (Å²) in [6.07, 6.45) is 11.4. The standard InChI is InChI=1S/C19H24N8O/c28-15-2-5-19(9-26(15)7-3-14-8-20-11-21-14)4-1-6-27(10-19)18-16-17(23-12-22-16)24-13-25-18/h8,11-13H,1-7,9-10H2,(H,20,21)(H,22,23,24,25)/t19-/m1/s1. The molecule has 0 aromatic carbocycles. The van der Waals surface area contributed by atoms with Crippen molar-refractivity contribution in [2.24, 2.45) is 5.41 Å². The molecule has 9 nitrogen and oxygen atoms in total. The van der Waals surface area contributed by atoms with Gasteiger partial charge in [0.2, 0.25) is 5.91 Å². The monoisotopic (exact) mass is 380 g/mol. The fourth-order valence-corrected chi connectivity index (χ4v) is 4.70. The van der Waals surface area contributed by atoms with Gasteiger partial charge in [-0.1, -0.05) is 0 Å². The molecular weight excluding hydrogens is 356 g/mol. The maximum Gasteiger partial charge on any atom is 0.222 e. The summed E-state index contributed by atoms with van der Waals surface area (Å²) < 4.78 is 0. The van der Waals surface area contributed by atoms with E-state index in [1.807, 2.05) is 11.1 Å². The van der Waals surface area contributed by atoms with E-state index in [0.29, 0.717) is 12.1 Å². The van der Waals surface area contributed by atoms with Gasteiger partial charge in [0.15, 0.2) is 11.5 Å². The number of H-pyrrole nitrogens is 2. The van der Waals surface area contributed by atoms with Crippen molar-refractivity contribution in [2.75, 3.05) is 31.1 Å². The second-order valence-corrected chi connectivity index (χ2v) is 7.97. The lowest BCUT2D eigenvalue weighted by Gasteiger charge is -2.48. The van der Waals surface area contributed by atoms with Gasteiger partial charge in [-0.15, -0.1) is 0 Å². The van der Waals surface area contributed by atoms with Crippen LogP contribution in [0, 0.1) is 5.41 Å². The van der Waals surface area contributed by atoms with Crippen LogP contribution in [0.15, 0.2) is 25.2 Å². The molecule has 1 spiro atoms. The van der Waals surface area contributed by atoms with E-state index >= 15 is 0 Å². The fraction of sp³-hybridized carbons (Fsp3) is 0.526. The predicted molar refractivity (Wildman–Crippen MR) is 104 cm³/mol. The Morgan fingerprint density at radius 2 is 2.07 bits per heavy atom. The number of carbonyl (C=O) groups excluding carboxylic acids is 1. The van der Waals surface area contributed by atoms with E-state index in [9.17, 15) is 4.79 Å². The van der Waals surface area contributed by atoms with Crippen molar-refractivity contribution in [2.45, 2.75) is 32.1 Å². The number of carbonyl (C=O) groups is 1. The summed E-state index contributed by atoms with van der Waals surface area (Å²) in [6, 6.07) is 0. The van der Waals surface area contributed by atoms with Crippen LogP contribution in [0.1, 0.15) is 31.4 Å². The first kappa shape index (κ1) is 17.2. The summed E-state index contributed by atoms with van der Waals surface area (Å²) in [6.45, 7) is 3.43. The molecule has 1 amide bonds. The van der Waals surface area contributed by atoms with Crippen LogP contribution in [-0.4, -0.2) is 66.9 Å². The van der Waals surface area contributed by atoms with E-state index in [-0.39, 0.29) is 11.3 Å². The van der Waals surface area contributed by atoms with Gasteiger partial charge in [-0.3, -0.25) is 4.79 Å². The highest BCUT2D eigenvalue weighted by Gasteiger charge is 2.42. The van der Waals surface area contributed by atoms with Gasteiger partial charge in [0.1, 0.15) is 11.8 Å². The third-order valence-electron chi connectivity index (χ3n) is 6.12. The molecule has 28 heavy (non-hydrogen) atoms. The smallest absolute Gasteiger partial charge is 0.222 e. The normalized spacial score (nSPS) is 23.1. The minimum atomic E-state index is 0.122. The number of hydrogen-bond donors (Lipinski definition) is 2. The Balaban J connectivity index is 1.34. The number of aromatic nitrogens is 6. The van der Waals surface area contributed by atoms with Gasteiger partial charge in [-0.25, -0.2) is 19.9 Å². The second kappa shape index (κ2) is 6.88. The number of amides is 1. The molecular formula is C19H24N8O. The van der Waals surface area contributed by atoms with Crippen LogP contribution in [0.3, 0.4) is 0 Å². The van der Waals surface area contributed by atoms with E-state index in [2.05, 4.69) is 34.8 Å². The lowest BCUT2D eigenvalue weighted by atomic mass is 9.73. The number of aromatic amines is 2. The topological polar surface area (TPSA) is 107 Å². The number of hydrogen-bond acceptors (Lipinski definition) is 6. The van der Waals surface area contributed by atoms with Gasteiger partial charge in [0.25, 0.3) is 0 Å². The van der Waals surface area contributed by atoms with Crippen LogP contribution in [0.4, 0.5) is 5.82 Å². The van der Waals surface area contributed by atoms with Crippen molar-refractivity contribution in [3.63, 3.8) is 0 Å². The van der Waals surface area contributed by atoms with Crippen molar-refractivity contribution in [1.82, 2.24) is 34.8 Å². The highest BCUT2D eigenvalue weighted by atomic mass is 16.2. The third kappa shape index (κ3) is 3.10. The summed E-state index contributed by atoms with van der Waals surface area (Å²) >= 11 is 0. The minimum Gasteiger partial charge on any atom is -0.354 e. The maximum atomic E-state index is 12.5. The Kier molecular flexibility index (Phi) is 4.22. The zero-order chi connectivity index (χ0) is 19.0. The molecule has 146 valence electrons. The molecule has 0 aliphatic carbocycles. The van der Waals surface area contributed by atoms with E-state index < -0.39 is 0 Å². The predicted octanol–water partition coefficient (Wildman–Crippen LogP) is 1.53. The maximum absolute atomic E-state index is 12.5. The molecule has 0 radical (unpaired) electrons. The molecule has 0 unspecified atom stereocenters. The summed E-state index contributed by atoms with van der Waals surface area (Å²) in [5.74, 6) is 1.18. The van der Waals surface area contributed by atoms with E-state index in [0.717, 1.165) is 68.9 Å². The van der Waals surface area contributed by atoms with Crippen molar-refractivity contribution in [3.8, 4) is 0 Å². The Bertz CT molecular complexity index is 967. The molecule has 9 heteroatoms. The third-order valence-corrected chi connectivity index (χ3v) is 6.12. The van der Waals surface area contributed by atoms with Crippen molar-refractivity contribution in [1.29, 1.82) is 0 Å². The molecule has 5 rings (SSSR count). The molecule has 3 aromatic heterocycles. The van der Waals surface area contributed by atoms with Gasteiger partial charge in [-0.2, -0.15) is 0 Å². The van der Waals surface area contributed by atoms with E-state index in [1.54, 1.807) is 19.0 Å². The van der Waals surface area contributed by atoms with Gasteiger partial charge in [-0.05, 0) is 19.3 Å². The first-order valence-electron chi connectivity index (χ1n) is 9.87. The highest BCUT2D eigenvalue weighted by molar-refractivity contribution is 5.82. The molecule has 1 atom stereocenters. The molecule has 2 aliphatic rings. The Labute approximate surface area is 162 Å². The minimum absolute atomic E-state index is 0.122. The molecule has 0 bridgehead atoms. The highest BCUT2D eigenvalue weighted by Crippen LogP contribution is 2.40. The van der Waals surface area contributed by atoms with Crippen LogP contribution in [0.25, 0.3) is 11.2 Å². The molecule has 0 saturated carbocycles. The Hall–Kier alpha value is -2.97. The summed E-state index contributed by atoms with van der Waals surface area (Å²) in [5, 5.41) is 0. The summed E-state index contributed by atoms with van der Waals surface area (Å²) in [5.41, 5.74) is 2.78. The number of likely N-dealkylation sites (tertiary alicyclic amines) is 1. The van der Waals surface area contributed by atoms with Crippen molar-refractivity contribution < 1.29 is 4.79 Å². The average molecular weight is 380 g/mol. The van der Waals surface area contributed by atoms with Gasteiger partial charge in [0.05, 0.1) is 12.7 Å². The molecule has 5 heterocycles. The number of nitrogens with one attached hydrogen (secondary N) is 2. The quantitative estimate of drug-likeness (QED) is 0.711. The van der Waals surface area contributed by atoms with E-state index in [1.165, 1.54) is 0 Å². The summed E-state index contributed by atoms with van der Waals surface area (Å²) in [7, 11) is 0. The lowest BCUT2D eigenvalue weighted by Crippen LogP contribution is -2.54. The molecule has 2 aliphatic heterocycles. The van der Waals surface area contributed by atoms with Gasteiger partial charge in [0, 0.05) is 56.3 Å². The second-order valence-electron chi connectivity index (χ2n) is 7.97. The van der Waals surface area contributed by atoms with Crippen molar-refractivity contribution in [3.05, 3.63) is 30.9 Å². The number of anilines is 1. The number of piperidine rings is 2. The lowest BCUT2D eigenvalue weighted by molar-refractivity contribution is -0.137. The summed E-state index contributed by atoms with van der Waals surface area (Å²) in [4.78, 5) is 40.3. The Morgan fingerprint density at radius 1 is 1.11 bits per heavy atom. The van der Waals surface area contributed by atoms with Crippen LogP contribution >= 0.6 is 0 Å². The molecule has 2 N–H and O–H groups in total. The number of rotatable bonds is 4. The first-order chi connectivity index (χ1) is 13.7. The Morgan fingerprint density at radius 3 is 2.96 bits per heavy atom. The van der Waals surface area contributed by atoms with Gasteiger partial charge < -0.3 is 19.8 Å². The molecule has 2 fully saturated rings. The van der Waals surface area contributed by atoms with Crippen LogP contribution in [0.5, 0.6) is 0 Å². The zero-order valence-electron chi connectivity index (χ0n) is 15.8. The van der Waals surface area contributed by atoms with Crippen LogP contribution in [0.2, 0.25) is 0 Å². The molecule has 2 saturated heterocycles. The van der Waals surface area contributed by atoms with Gasteiger partial charge >= 0.3 is 0 Å². The fourth-order valence-electron chi connectivity index (χ4n) is 4.70.